The zero-order valence-electron chi connectivity index (χ0n) is 13.7. The monoisotopic (exact) mass is 332 g/mol. The summed E-state index contributed by atoms with van der Waals surface area (Å²) in [6.45, 7) is 3.95. The first-order chi connectivity index (χ1) is 11.0. The fourth-order valence-electron chi connectivity index (χ4n) is 2.57. The maximum atomic E-state index is 12.9. The Morgan fingerprint density at radius 2 is 1.65 bits per heavy atom. The number of Topliss-reactive ketones (excluding diaryl/α,β-unsaturated/α-hetero) is 1. The molecule has 2 atom stereocenters. The van der Waals surface area contributed by atoms with Crippen LogP contribution in [-0.4, -0.2) is 25.0 Å². The van der Waals surface area contributed by atoms with Gasteiger partial charge in [0.1, 0.15) is 6.10 Å². The van der Waals surface area contributed by atoms with Crippen LogP contribution in [0.25, 0.3) is 0 Å². The molecule has 2 rings (SSSR count). The first kappa shape index (κ1) is 17.7. The number of quaternary nitrogens is 1. The van der Waals surface area contributed by atoms with Gasteiger partial charge in [0.2, 0.25) is 5.78 Å². The molecule has 2 aromatic carbocycles. The minimum Gasteiger partial charge on any atom is -0.364 e. The zero-order valence-corrected chi connectivity index (χ0v) is 14.5. The Balaban J connectivity index is 2.35. The molecule has 0 aliphatic rings. The van der Waals surface area contributed by atoms with Gasteiger partial charge in [0.05, 0.1) is 13.2 Å². The van der Waals surface area contributed by atoms with Crippen LogP contribution in [-0.2, 0) is 4.74 Å². The Kier molecular flexibility index (Phi) is 6.34. The Labute approximate surface area is 142 Å². The van der Waals surface area contributed by atoms with E-state index in [1.165, 1.54) is 0 Å². The maximum absolute atomic E-state index is 12.9. The highest BCUT2D eigenvalue weighted by Crippen LogP contribution is 2.25. The van der Waals surface area contributed by atoms with Gasteiger partial charge in [-0.05, 0) is 31.5 Å². The van der Waals surface area contributed by atoms with Crippen molar-refractivity contribution in [2.45, 2.75) is 32.1 Å². The molecule has 0 bridgehead atoms. The van der Waals surface area contributed by atoms with Crippen molar-refractivity contribution in [2.75, 3.05) is 7.05 Å². The van der Waals surface area contributed by atoms with E-state index in [1.54, 1.807) is 0 Å². The quantitative estimate of drug-likeness (QED) is 0.791. The molecule has 0 unspecified atom stereocenters. The van der Waals surface area contributed by atoms with Crippen LogP contribution in [0.3, 0.4) is 0 Å². The molecule has 4 heteroatoms. The lowest BCUT2D eigenvalue weighted by Crippen LogP contribution is -2.89. The van der Waals surface area contributed by atoms with Crippen LogP contribution in [0.1, 0.15) is 35.9 Å². The van der Waals surface area contributed by atoms with Gasteiger partial charge in [-0.2, -0.15) is 0 Å². The smallest absolute Gasteiger partial charge is 0.222 e. The highest BCUT2D eigenvalue weighted by Gasteiger charge is 2.34. The van der Waals surface area contributed by atoms with E-state index < -0.39 is 0 Å². The topological polar surface area (TPSA) is 42.9 Å². The van der Waals surface area contributed by atoms with Crippen molar-refractivity contribution in [3.05, 3.63) is 70.7 Å². The lowest BCUT2D eigenvalue weighted by Gasteiger charge is -2.26. The molecule has 0 radical (unpaired) electrons. The summed E-state index contributed by atoms with van der Waals surface area (Å²) < 4.78 is 6.08. The first-order valence-electron chi connectivity index (χ1n) is 7.82. The Morgan fingerprint density at radius 1 is 1.04 bits per heavy atom. The van der Waals surface area contributed by atoms with E-state index in [-0.39, 0.29) is 24.0 Å². The number of halogens is 1. The summed E-state index contributed by atoms with van der Waals surface area (Å²) in [5.74, 6) is 0.0636. The number of hydrogen-bond donors (Lipinski definition) is 1. The largest absolute Gasteiger partial charge is 0.364 e. The average molecular weight is 333 g/mol. The normalized spacial score (nSPS) is 13.8. The molecular weight excluding hydrogens is 310 g/mol. The molecule has 0 aliphatic carbocycles. The van der Waals surface area contributed by atoms with Gasteiger partial charge >= 0.3 is 0 Å². The summed E-state index contributed by atoms with van der Waals surface area (Å²) in [5, 5.41) is 2.58. The molecule has 0 heterocycles. The fourth-order valence-corrected chi connectivity index (χ4v) is 2.70. The van der Waals surface area contributed by atoms with Crippen LogP contribution in [0.5, 0.6) is 0 Å². The summed E-state index contributed by atoms with van der Waals surface area (Å²) >= 11 is 5.98. The van der Waals surface area contributed by atoms with Crippen molar-refractivity contribution >= 4 is 17.4 Å². The van der Waals surface area contributed by atoms with Gasteiger partial charge in [-0.1, -0.05) is 54.1 Å². The van der Waals surface area contributed by atoms with Crippen molar-refractivity contribution in [1.82, 2.24) is 0 Å². The summed E-state index contributed by atoms with van der Waals surface area (Å²) in [5.41, 5.74) is 1.65. The summed E-state index contributed by atoms with van der Waals surface area (Å²) in [6.07, 6.45) is -0.313. The molecular formula is C19H23ClNO2+. The van der Waals surface area contributed by atoms with E-state index in [0.29, 0.717) is 10.6 Å². The second-order valence-electron chi connectivity index (χ2n) is 5.75. The molecule has 3 nitrogen and oxygen atoms in total. The molecule has 23 heavy (non-hydrogen) atoms. The van der Waals surface area contributed by atoms with Gasteiger partial charge in [0.25, 0.3) is 0 Å². The lowest BCUT2D eigenvalue weighted by molar-refractivity contribution is -0.658. The fraction of sp³-hybridized carbons (Fsp3) is 0.316. The molecule has 0 aliphatic heterocycles. The van der Waals surface area contributed by atoms with E-state index in [1.807, 2.05) is 80.8 Å². The minimum atomic E-state index is -0.346. The minimum absolute atomic E-state index is 0.0155. The predicted molar refractivity (Wildman–Crippen MR) is 92.8 cm³/mol. The van der Waals surface area contributed by atoms with Gasteiger partial charge < -0.3 is 10.1 Å². The first-order valence-corrected chi connectivity index (χ1v) is 8.20. The standard InChI is InChI=1S/C19H22ClNO2/c1-13(2)23-19(15-9-11-16(20)12-10-15)17(21-3)18(22)14-7-5-4-6-8-14/h4-13,17,19,21H,1-3H3/p+1/t17-,19+/m1/s1. The summed E-state index contributed by atoms with van der Waals surface area (Å²) in [4.78, 5) is 12.9. The number of ketones is 1. The number of rotatable bonds is 7. The predicted octanol–water partition coefficient (Wildman–Crippen LogP) is 3.25. The van der Waals surface area contributed by atoms with Crippen LogP contribution < -0.4 is 5.32 Å². The molecule has 2 aromatic rings. The number of benzene rings is 2. The van der Waals surface area contributed by atoms with Crippen molar-refractivity contribution in [3.63, 3.8) is 0 Å². The van der Waals surface area contributed by atoms with Crippen LogP contribution >= 0.6 is 11.6 Å². The molecule has 2 N–H and O–H groups in total. The van der Waals surface area contributed by atoms with Crippen molar-refractivity contribution in [1.29, 1.82) is 0 Å². The van der Waals surface area contributed by atoms with Gasteiger partial charge in [0.15, 0.2) is 6.04 Å². The summed E-state index contributed by atoms with van der Waals surface area (Å²) in [6, 6.07) is 16.5. The van der Waals surface area contributed by atoms with E-state index in [0.717, 1.165) is 5.56 Å². The van der Waals surface area contributed by atoms with Gasteiger partial charge in [-0.25, -0.2) is 0 Å². The van der Waals surface area contributed by atoms with E-state index >= 15 is 0 Å². The summed E-state index contributed by atoms with van der Waals surface area (Å²) in [7, 11) is 1.90. The number of likely N-dealkylation sites (N-methyl/N-ethyl adjacent to an activating group) is 1. The zero-order chi connectivity index (χ0) is 16.8. The third-order valence-electron chi connectivity index (χ3n) is 3.66. The molecule has 0 aromatic heterocycles. The van der Waals surface area contributed by atoms with Crippen molar-refractivity contribution < 1.29 is 14.8 Å². The highest BCUT2D eigenvalue weighted by molar-refractivity contribution is 6.30. The third-order valence-corrected chi connectivity index (χ3v) is 3.92. The number of nitrogens with two attached hydrogens (primary N) is 1. The van der Waals surface area contributed by atoms with Crippen LogP contribution in [0.4, 0.5) is 0 Å². The van der Waals surface area contributed by atoms with Crippen molar-refractivity contribution in [3.8, 4) is 0 Å². The molecule has 0 saturated heterocycles. The molecule has 0 spiro atoms. The van der Waals surface area contributed by atoms with E-state index in [4.69, 9.17) is 16.3 Å². The number of hydrogen-bond acceptors (Lipinski definition) is 2. The lowest BCUT2D eigenvalue weighted by atomic mass is 9.94. The SMILES string of the molecule is C[NH2+][C@H](C(=O)c1ccccc1)[C@@H](OC(C)C)c1ccc(Cl)cc1. The Bertz CT molecular complexity index is 626. The number of carbonyl (C=O) groups excluding carboxylic acids is 1. The van der Waals surface area contributed by atoms with E-state index in [2.05, 4.69) is 0 Å². The van der Waals surface area contributed by atoms with Crippen LogP contribution in [0, 0.1) is 0 Å². The van der Waals surface area contributed by atoms with Crippen molar-refractivity contribution in [2.24, 2.45) is 0 Å². The van der Waals surface area contributed by atoms with Crippen LogP contribution in [0.15, 0.2) is 54.6 Å². The second kappa shape index (κ2) is 8.25. The molecule has 0 fully saturated rings. The number of ether oxygens (including phenoxy) is 1. The highest BCUT2D eigenvalue weighted by atomic mass is 35.5. The average Bonchev–Trinajstić information content (AvgIpc) is 2.55. The molecule has 0 amide bonds. The third kappa shape index (κ3) is 4.64. The Hall–Kier alpha value is -1.68. The number of carbonyl (C=O) groups is 1. The van der Waals surface area contributed by atoms with Gasteiger partial charge in [0, 0.05) is 10.6 Å². The maximum Gasteiger partial charge on any atom is 0.222 e. The Morgan fingerprint density at radius 3 is 2.17 bits per heavy atom. The van der Waals surface area contributed by atoms with E-state index in [9.17, 15) is 4.79 Å². The van der Waals surface area contributed by atoms with Gasteiger partial charge in [-0.15, -0.1) is 0 Å². The molecule has 0 saturated carbocycles. The van der Waals surface area contributed by atoms with Gasteiger partial charge in [-0.3, -0.25) is 4.79 Å². The second-order valence-corrected chi connectivity index (χ2v) is 6.18. The molecule has 122 valence electrons. The van der Waals surface area contributed by atoms with Crippen LogP contribution in [0.2, 0.25) is 5.02 Å².